The molecule has 234 valence electrons. The fourth-order valence-corrected chi connectivity index (χ4v) is 6.60. The predicted octanol–water partition coefficient (Wildman–Crippen LogP) is 13.1. The molecular weight excluding hydrogens is 581 g/mol. The summed E-state index contributed by atoms with van der Waals surface area (Å²) in [6.07, 6.45) is 0. The normalized spacial score (nSPS) is 10.9. The van der Waals surface area contributed by atoms with Crippen LogP contribution in [0.3, 0.4) is 0 Å². The van der Waals surface area contributed by atoms with Crippen molar-refractivity contribution >= 4 is 22.7 Å². The number of rotatable bonds is 8. The Kier molecular flexibility index (Phi) is 8.64. The summed E-state index contributed by atoms with van der Waals surface area (Å²) in [5.41, 5.74) is 19.3. The molecular formula is C46H40N2. The molecule has 0 amide bonds. The average Bonchev–Trinajstić information content (AvgIpc) is 3.11. The summed E-state index contributed by atoms with van der Waals surface area (Å²) in [6, 6.07) is 56.4. The standard InChI is InChI=1S/C46H40N2/c1-31-27-41(23-25-43(31)35-11-7-5-8-12-35)47-39-19-15-37(16-20-39)45-29-34(4)46(30-33(45)3)38-17-21-40(22-18-38)48-42-24-26-44(32(2)28-42)36-13-9-6-10-14-36/h5-30,47-48H,1-4H3. The number of benzene rings is 7. The van der Waals surface area contributed by atoms with Gasteiger partial charge in [0.25, 0.3) is 0 Å². The predicted molar refractivity (Wildman–Crippen MR) is 207 cm³/mol. The lowest BCUT2D eigenvalue weighted by Gasteiger charge is -2.15. The number of anilines is 4. The minimum Gasteiger partial charge on any atom is -0.356 e. The number of nitrogens with one attached hydrogen (secondary N) is 2. The van der Waals surface area contributed by atoms with Gasteiger partial charge in [0.1, 0.15) is 0 Å². The third-order valence-corrected chi connectivity index (χ3v) is 9.16. The summed E-state index contributed by atoms with van der Waals surface area (Å²) >= 11 is 0. The molecule has 0 aliphatic heterocycles. The van der Waals surface area contributed by atoms with Gasteiger partial charge in [-0.25, -0.2) is 0 Å². The molecule has 0 unspecified atom stereocenters. The highest BCUT2D eigenvalue weighted by atomic mass is 14.9. The maximum absolute atomic E-state index is 3.59. The van der Waals surface area contributed by atoms with Crippen LogP contribution < -0.4 is 10.6 Å². The minimum absolute atomic E-state index is 1.08. The van der Waals surface area contributed by atoms with Crippen LogP contribution in [0.15, 0.2) is 158 Å². The van der Waals surface area contributed by atoms with E-state index in [1.54, 1.807) is 0 Å². The second kappa shape index (κ2) is 13.5. The van der Waals surface area contributed by atoms with Gasteiger partial charge in [-0.2, -0.15) is 0 Å². The number of hydrogen-bond donors (Lipinski definition) is 2. The van der Waals surface area contributed by atoms with E-state index in [-0.39, 0.29) is 0 Å². The number of hydrogen-bond acceptors (Lipinski definition) is 2. The molecule has 0 fully saturated rings. The Labute approximate surface area is 284 Å². The van der Waals surface area contributed by atoms with Gasteiger partial charge in [0.2, 0.25) is 0 Å². The first-order chi connectivity index (χ1) is 23.4. The molecule has 7 aromatic carbocycles. The van der Waals surface area contributed by atoms with E-state index in [4.69, 9.17) is 0 Å². The van der Waals surface area contributed by atoms with Gasteiger partial charge in [-0.15, -0.1) is 0 Å². The molecule has 7 aromatic rings. The summed E-state index contributed by atoms with van der Waals surface area (Å²) < 4.78 is 0. The van der Waals surface area contributed by atoms with Gasteiger partial charge in [-0.05, 0) is 143 Å². The molecule has 0 radical (unpaired) electrons. The van der Waals surface area contributed by atoms with E-state index < -0.39 is 0 Å². The van der Waals surface area contributed by atoms with E-state index in [2.05, 4.69) is 196 Å². The Hall–Kier alpha value is -5.86. The molecule has 0 atom stereocenters. The van der Waals surface area contributed by atoms with Crippen molar-refractivity contribution in [2.24, 2.45) is 0 Å². The van der Waals surface area contributed by atoms with Crippen molar-refractivity contribution in [1.82, 2.24) is 0 Å². The van der Waals surface area contributed by atoms with Crippen molar-refractivity contribution in [2.75, 3.05) is 10.6 Å². The molecule has 0 spiro atoms. The Morgan fingerprint density at radius 1 is 0.271 bits per heavy atom. The second-order valence-electron chi connectivity index (χ2n) is 12.7. The third-order valence-electron chi connectivity index (χ3n) is 9.16. The lowest BCUT2D eigenvalue weighted by atomic mass is 9.92. The minimum atomic E-state index is 1.08. The molecule has 0 aliphatic carbocycles. The highest BCUT2D eigenvalue weighted by Crippen LogP contribution is 2.34. The zero-order valence-electron chi connectivity index (χ0n) is 28.0. The van der Waals surface area contributed by atoms with E-state index in [0.29, 0.717) is 0 Å². The van der Waals surface area contributed by atoms with Crippen LogP contribution in [0, 0.1) is 27.7 Å². The summed E-state index contributed by atoms with van der Waals surface area (Å²) in [5.74, 6) is 0. The van der Waals surface area contributed by atoms with E-state index in [9.17, 15) is 0 Å². The highest BCUT2D eigenvalue weighted by molar-refractivity contribution is 5.79. The van der Waals surface area contributed by atoms with Crippen LogP contribution >= 0.6 is 0 Å². The molecule has 2 nitrogen and oxygen atoms in total. The van der Waals surface area contributed by atoms with Crippen LogP contribution in [0.5, 0.6) is 0 Å². The van der Waals surface area contributed by atoms with Crippen LogP contribution in [-0.2, 0) is 0 Å². The summed E-state index contributed by atoms with van der Waals surface area (Å²) in [4.78, 5) is 0. The van der Waals surface area contributed by atoms with E-state index in [0.717, 1.165) is 22.7 Å². The first kappa shape index (κ1) is 30.8. The quantitative estimate of drug-likeness (QED) is 0.177. The van der Waals surface area contributed by atoms with Gasteiger partial charge in [-0.1, -0.05) is 109 Å². The summed E-state index contributed by atoms with van der Waals surface area (Å²) in [5, 5.41) is 7.17. The lowest BCUT2D eigenvalue weighted by Crippen LogP contribution is -1.94. The second-order valence-corrected chi connectivity index (χ2v) is 12.7. The van der Waals surface area contributed by atoms with Gasteiger partial charge in [0.05, 0.1) is 0 Å². The van der Waals surface area contributed by atoms with Crippen molar-refractivity contribution < 1.29 is 0 Å². The Morgan fingerprint density at radius 3 is 0.938 bits per heavy atom. The molecule has 0 saturated carbocycles. The average molecular weight is 621 g/mol. The molecule has 0 heterocycles. The summed E-state index contributed by atoms with van der Waals surface area (Å²) in [6.45, 7) is 8.75. The topological polar surface area (TPSA) is 24.1 Å². The largest absolute Gasteiger partial charge is 0.356 e. The molecule has 48 heavy (non-hydrogen) atoms. The molecule has 7 rings (SSSR count). The molecule has 0 saturated heterocycles. The van der Waals surface area contributed by atoms with Gasteiger partial charge in [0, 0.05) is 22.7 Å². The third kappa shape index (κ3) is 6.65. The SMILES string of the molecule is Cc1cc(Nc2ccc(-c3cc(C)c(-c4ccc(Nc5ccc(-c6ccccc6)c(C)c5)cc4)cc3C)cc2)ccc1-c1ccccc1. The first-order valence-corrected chi connectivity index (χ1v) is 16.6. The van der Waals surface area contributed by atoms with Gasteiger partial charge in [0.15, 0.2) is 0 Å². The zero-order valence-corrected chi connectivity index (χ0v) is 28.0. The van der Waals surface area contributed by atoms with Crippen molar-refractivity contribution in [3.63, 3.8) is 0 Å². The molecule has 0 aliphatic rings. The van der Waals surface area contributed by atoms with Crippen molar-refractivity contribution in [3.05, 3.63) is 180 Å². The monoisotopic (exact) mass is 620 g/mol. The maximum Gasteiger partial charge on any atom is 0.0387 e. The Bertz CT molecular complexity index is 2020. The first-order valence-electron chi connectivity index (χ1n) is 16.6. The number of aryl methyl sites for hydroxylation is 4. The van der Waals surface area contributed by atoms with Gasteiger partial charge >= 0.3 is 0 Å². The summed E-state index contributed by atoms with van der Waals surface area (Å²) in [7, 11) is 0. The molecule has 0 bridgehead atoms. The van der Waals surface area contributed by atoms with Crippen LogP contribution in [-0.4, -0.2) is 0 Å². The van der Waals surface area contributed by atoms with Crippen molar-refractivity contribution in [1.29, 1.82) is 0 Å². The Balaban J connectivity index is 1.03. The van der Waals surface area contributed by atoms with Gasteiger partial charge in [-0.3, -0.25) is 0 Å². The van der Waals surface area contributed by atoms with Crippen molar-refractivity contribution in [3.8, 4) is 44.5 Å². The van der Waals surface area contributed by atoms with Crippen LogP contribution in [0.2, 0.25) is 0 Å². The molecule has 2 N–H and O–H groups in total. The van der Waals surface area contributed by atoms with Crippen LogP contribution in [0.1, 0.15) is 22.3 Å². The van der Waals surface area contributed by atoms with E-state index >= 15 is 0 Å². The highest BCUT2D eigenvalue weighted by Gasteiger charge is 2.10. The smallest absolute Gasteiger partial charge is 0.0387 e. The van der Waals surface area contributed by atoms with Crippen LogP contribution in [0.25, 0.3) is 44.5 Å². The van der Waals surface area contributed by atoms with E-state index in [1.165, 1.54) is 66.8 Å². The maximum atomic E-state index is 3.59. The molecule has 2 heteroatoms. The fourth-order valence-electron chi connectivity index (χ4n) is 6.60. The van der Waals surface area contributed by atoms with E-state index in [1.807, 2.05) is 0 Å². The Morgan fingerprint density at radius 2 is 0.583 bits per heavy atom. The van der Waals surface area contributed by atoms with Crippen LogP contribution in [0.4, 0.5) is 22.7 Å². The lowest BCUT2D eigenvalue weighted by molar-refractivity contribution is 1.38. The fraction of sp³-hybridized carbons (Fsp3) is 0.0870. The van der Waals surface area contributed by atoms with Gasteiger partial charge < -0.3 is 10.6 Å². The zero-order chi connectivity index (χ0) is 33.0. The van der Waals surface area contributed by atoms with Crippen molar-refractivity contribution in [2.45, 2.75) is 27.7 Å². The molecule has 0 aromatic heterocycles.